The Morgan fingerprint density at radius 1 is 1.39 bits per heavy atom. The number of aromatic nitrogens is 1. The van der Waals surface area contributed by atoms with Crippen molar-refractivity contribution in [2.24, 2.45) is 0 Å². The number of halogens is 1. The van der Waals surface area contributed by atoms with Crippen LogP contribution in [0.25, 0.3) is 0 Å². The van der Waals surface area contributed by atoms with Crippen LogP contribution in [0.1, 0.15) is 37.7 Å². The SMILES string of the molecule is CSC1(CNc2nccc(C)c2Br)CCCCC1. The minimum Gasteiger partial charge on any atom is -0.368 e. The summed E-state index contributed by atoms with van der Waals surface area (Å²) in [5.74, 6) is 0.981. The molecule has 0 aliphatic heterocycles. The first-order chi connectivity index (χ1) is 8.67. The third kappa shape index (κ3) is 3.21. The van der Waals surface area contributed by atoms with E-state index in [0.717, 1.165) is 16.8 Å². The monoisotopic (exact) mass is 328 g/mol. The van der Waals surface area contributed by atoms with Crippen molar-refractivity contribution < 1.29 is 0 Å². The van der Waals surface area contributed by atoms with Crippen molar-refractivity contribution in [1.29, 1.82) is 0 Å². The van der Waals surface area contributed by atoms with Gasteiger partial charge in [-0.1, -0.05) is 19.3 Å². The third-order valence-corrected chi connectivity index (χ3v) is 6.28. The maximum absolute atomic E-state index is 4.42. The lowest BCUT2D eigenvalue weighted by molar-refractivity contribution is 0.411. The first kappa shape index (κ1) is 14.2. The van der Waals surface area contributed by atoms with Gasteiger partial charge in [0.05, 0.1) is 4.47 Å². The Morgan fingerprint density at radius 3 is 2.78 bits per heavy atom. The van der Waals surface area contributed by atoms with E-state index in [-0.39, 0.29) is 0 Å². The zero-order valence-corrected chi connectivity index (χ0v) is 13.5. The summed E-state index contributed by atoms with van der Waals surface area (Å²) >= 11 is 5.63. The third-order valence-electron chi connectivity index (χ3n) is 3.86. The molecule has 0 radical (unpaired) electrons. The smallest absolute Gasteiger partial charge is 0.140 e. The zero-order chi connectivity index (χ0) is 13.0. The summed E-state index contributed by atoms with van der Waals surface area (Å²) < 4.78 is 1.50. The largest absolute Gasteiger partial charge is 0.368 e. The van der Waals surface area contributed by atoms with Gasteiger partial charge >= 0.3 is 0 Å². The highest BCUT2D eigenvalue weighted by Crippen LogP contribution is 2.39. The van der Waals surface area contributed by atoms with Crippen LogP contribution in [0.4, 0.5) is 5.82 Å². The zero-order valence-electron chi connectivity index (χ0n) is 11.1. The van der Waals surface area contributed by atoms with Crippen molar-refractivity contribution in [3.63, 3.8) is 0 Å². The molecule has 0 atom stereocenters. The summed E-state index contributed by atoms with van der Waals surface area (Å²) in [5.41, 5.74) is 1.23. The Morgan fingerprint density at radius 2 is 2.11 bits per heavy atom. The first-order valence-electron chi connectivity index (χ1n) is 6.57. The number of anilines is 1. The normalized spacial score (nSPS) is 18.6. The van der Waals surface area contributed by atoms with Crippen molar-refractivity contribution in [1.82, 2.24) is 4.98 Å². The molecule has 1 fully saturated rings. The Labute approximate surface area is 122 Å². The van der Waals surface area contributed by atoms with Gasteiger partial charge in [0.1, 0.15) is 5.82 Å². The summed E-state index contributed by atoms with van der Waals surface area (Å²) in [4.78, 5) is 4.42. The van der Waals surface area contributed by atoms with Gasteiger partial charge in [0.2, 0.25) is 0 Å². The average Bonchev–Trinajstić information content (AvgIpc) is 2.41. The molecule has 1 saturated carbocycles. The Kier molecular flexibility index (Phi) is 4.96. The van der Waals surface area contributed by atoms with Crippen LogP contribution >= 0.6 is 27.7 Å². The molecule has 100 valence electrons. The van der Waals surface area contributed by atoms with E-state index >= 15 is 0 Å². The van der Waals surface area contributed by atoms with E-state index in [4.69, 9.17) is 0 Å². The molecule has 1 N–H and O–H groups in total. The molecule has 0 bridgehead atoms. The lowest BCUT2D eigenvalue weighted by atomic mass is 9.88. The van der Waals surface area contributed by atoms with Crippen LogP contribution in [0.5, 0.6) is 0 Å². The Hall–Kier alpha value is -0.220. The second-order valence-corrected chi connectivity index (χ2v) is 7.16. The predicted molar refractivity (Wildman–Crippen MR) is 84.5 cm³/mol. The fourth-order valence-electron chi connectivity index (χ4n) is 2.56. The van der Waals surface area contributed by atoms with E-state index in [1.54, 1.807) is 0 Å². The van der Waals surface area contributed by atoms with Crippen LogP contribution in [-0.2, 0) is 0 Å². The van der Waals surface area contributed by atoms with Gasteiger partial charge in [-0.3, -0.25) is 0 Å². The summed E-state index contributed by atoms with van der Waals surface area (Å²) in [6, 6.07) is 2.03. The van der Waals surface area contributed by atoms with E-state index in [1.807, 2.05) is 24.0 Å². The second-order valence-electron chi connectivity index (χ2n) is 5.09. The summed E-state index contributed by atoms with van der Waals surface area (Å²) in [6.07, 6.45) is 10.9. The van der Waals surface area contributed by atoms with E-state index in [1.165, 1.54) is 37.7 Å². The van der Waals surface area contributed by atoms with Crippen molar-refractivity contribution >= 4 is 33.5 Å². The van der Waals surface area contributed by atoms with Gasteiger partial charge in [-0.15, -0.1) is 0 Å². The highest BCUT2D eigenvalue weighted by molar-refractivity contribution is 9.10. The van der Waals surface area contributed by atoms with Crippen molar-refractivity contribution in [3.05, 3.63) is 22.3 Å². The standard InChI is InChI=1S/C14H21BrN2S/c1-11-6-9-16-13(12(11)15)17-10-14(18-2)7-4-3-5-8-14/h6,9H,3-5,7-8,10H2,1-2H3,(H,16,17). The lowest BCUT2D eigenvalue weighted by Crippen LogP contribution is -2.35. The van der Waals surface area contributed by atoms with E-state index in [9.17, 15) is 0 Å². The van der Waals surface area contributed by atoms with E-state index in [0.29, 0.717) is 4.75 Å². The van der Waals surface area contributed by atoms with Gasteiger partial charge in [0, 0.05) is 17.5 Å². The predicted octanol–water partition coefficient (Wildman–Crippen LogP) is 4.63. The molecule has 1 aliphatic rings. The molecule has 2 rings (SSSR count). The summed E-state index contributed by atoms with van der Waals surface area (Å²) in [5, 5.41) is 3.54. The molecule has 1 aromatic heterocycles. The quantitative estimate of drug-likeness (QED) is 0.872. The van der Waals surface area contributed by atoms with Gasteiger partial charge in [0.15, 0.2) is 0 Å². The minimum atomic E-state index is 0.406. The van der Waals surface area contributed by atoms with Gasteiger partial charge in [-0.05, 0) is 53.6 Å². The maximum Gasteiger partial charge on any atom is 0.140 e. The lowest BCUT2D eigenvalue weighted by Gasteiger charge is -2.36. The summed E-state index contributed by atoms with van der Waals surface area (Å²) in [6.45, 7) is 3.12. The van der Waals surface area contributed by atoms with E-state index < -0.39 is 0 Å². The van der Waals surface area contributed by atoms with Gasteiger partial charge < -0.3 is 5.32 Å². The number of aryl methyl sites for hydroxylation is 1. The number of rotatable bonds is 4. The Bertz CT molecular complexity index is 403. The van der Waals surface area contributed by atoms with Gasteiger partial charge in [-0.2, -0.15) is 11.8 Å². The molecule has 0 spiro atoms. The summed E-state index contributed by atoms with van der Waals surface area (Å²) in [7, 11) is 0. The number of nitrogens with zero attached hydrogens (tertiary/aromatic N) is 1. The first-order valence-corrected chi connectivity index (χ1v) is 8.59. The molecular formula is C14H21BrN2S. The van der Waals surface area contributed by atoms with Crippen molar-refractivity contribution in [2.75, 3.05) is 18.1 Å². The van der Waals surface area contributed by atoms with Crippen LogP contribution in [0, 0.1) is 6.92 Å². The number of hydrogen-bond acceptors (Lipinski definition) is 3. The van der Waals surface area contributed by atoms with Crippen LogP contribution in [0.3, 0.4) is 0 Å². The van der Waals surface area contributed by atoms with Crippen LogP contribution < -0.4 is 5.32 Å². The topological polar surface area (TPSA) is 24.9 Å². The van der Waals surface area contributed by atoms with E-state index in [2.05, 4.69) is 39.4 Å². The highest BCUT2D eigenvalue weighted by atomic mass is 79.9. The molecule has 2 nitrogen and oxygen atoms in total. The van der Waals surface area contributed by atoms with Crippen LogP contribution in [-0.4, -0.2) is 22.5 Å². The molecular weight excluding hydrogens is 308 g/mol. The number of thioether (sulfide) groups is 1. The van der Waals surface area contributed by atoms with Crippen molar-refractivity contribution in [3.8, 4) is 0 Å². The molecule has 0 aromatic carbocycles. The van der Waals surface area contributed by atoms with Crippen LogP contribution in [0.2, 0.25) is 0 Å². The molecule has 1 heterocycles. The van der Waals surface area contributed by atoms with Crippen molar-refractivity contribution in [2.45, 2.75) is 43.8 Å². The second kappa shape index (κ2) is 6.29. The average molecular weight is 329 g/mol. The Balaban J connectivity index is 2.03. The highest BCUT2D eigenvalue weighted by Gasteiger charge is 2.31. The molecule has 0 saturated heterocycles. The fraction of sp³-hybridized carbons (Fsp3) is 0.643. The maximum atomic E-state index is 4.42. The van der Waals surface area contributed by atoms with Crippen LogP contribution in [0.15, 0.2) is 16.7 Å². The molecule has 0 unspecified atom stereocenters. The number of hydrogen-bond donors (Lipinski definition) is 1. The molecule has 18 heavy (non-hydrogen) atoms. The molecule has 4 heteroatoms. The molecule has 0 amide bonds. The fourth-order valence-corrected chi connectivity index (χ4v) is 3.85. The van der Waals surface area contributed by atoms with Gasteiger partial charge in [0.25, 0.3) is 0 Å². The molecule has 1 aromatic rings. The minimum absolute atomic E-state index is 0.406. The molecule has 1 aliphatic carbocycles. The number of nitrogens with one attached hydrogen (secondary N) is 1. The number of pyridine rings is 1. The van der Waals surface area contributed by atoms with Gasteiger partial charge in [-0.25, -0.2) is 4.98 Å².